The van der Waals surface area contributed by atoms with Crippen molar-refractivity contribution in [3.8, 4) is 0 Å². The normalized spacial score (nSPS) is 14.4. The van der Waals surface area contributed by atoms with Crippen LogP contribution < -0.4 is 5.32 Å². The molecule has 5 nitrogen and oxygen atoms in total. The molecule has 1 fully saturated rings. The molecule has 1 aromatic rings. The van der Waals surface area contributed by atoms with Crippen molar-refractivity contribution in [1.82, 2.24) is 15.1 Å². The summed E-state index contributed by atoms with van der Waals surface area (Å²) in [5, 5.41) is 3.35. The highest BCUT2D eigenvalue weighted by Gasteiger charge is 2.18. The van der Waals surface area contributed by atoms with Crippen LogP contribution in [-0.4, -0.2) is 54.9 Å². The number of aryl methyl sites for hydroxylation is 1. The van der Waals surface area contributed by atoms with Crippen molar-refractivity contribution in [2.24, 2.45) is 4.99 Å². The number of nitrogens with zero attached hydrogens (tertiary/aromatic N) is 3. The highest BCUT2D eigenvalue weighted by molar-refractivity contribution is 14.0. The number of nitrogens with one attached hydrogen (secondary N) is 1. The van der Waals surface area contributed by atoms with Crippen LogP contribution in [0.25, 0.3) is 0 Å². The molecule has 25 heavy (non-hydrogen) atoms. The minimum Gasteiger partial charge on any atom is -0.357 e. The van der Waals surface area contributed by atoms with Gasteiger partial charge in [-0.05, 0) is 37.8 Å². The second kappa shape index (κ2) is 11.3. The molecule has 1 aliphatic heterocycles. The Labute approximate surface area is 168 Å². The van der Waals surface area contributed by atoms with Crippen molar-refractivity contribution in [3.63, 3.8) is 0 Å². The molecule has 1 aliphatic rings. The first-order chi connectivity index (χ1) is 11.6. The number of amides is 1. The lowest BCUT2D eigenvalue weighted by molar-refractivity contribution is -0.127. The Morgan fingerprint density at radius 2 is 2.12 bits per heavy atom. The Hall–Kier alpha value is -1.31. The van der Waals surface area contributed by atoms with Crippen molar-refractivity contribution in [1.29, 1.82) is 0 Å². The Bertz CT molecular complexity index is 576. The van der Waals surface area contributed by atoms with Crippen molar-refractivity contribution in [2.75, 3.05) is 33.2 Å². The number of halogens is 1. The number of benzene rings is 1. The summed E-state index contributed by atoms with van der Waals surface area (Å²) in [4.78, 5) is 20.5. The lowest BCUT2D eigenvalue weighted by Crippen LogP contribution is -2.38. The zero-order valence-corrected chi connectivity index (χ0v) is 18.0. The summed E-state index contributed by atoms with van der Waals surface area (Å²) in [7, 11) is 2.07. The molecule has 0 saturated carbocycles. The van der Waals surface area contributed by atoms with Gasteiger partial charge >= 0.3 is 0 Å². The average Bonchev–Trinajstić information content (AvgIpc) is 2.97. The van der Waals surface area contributed by atoms with E-state index < -0.39 is 0 Å². The van der Waals surface area contributed by atoms with E-state index in [-0.39, 0.29) is 24.0 Å². The third-order valence-electron chi connectivity index (χ3n) is 4.38. The molecule has 0 aromatic heterocycles. The fraction of sp³-hybridized carbons (Fsp3) is 0.579. The smallest absolute Gasteiger partial charge is 0.222 e. The van der Waals surface area contributed by atoms with Gasteiger partial charge in [-0.3, -0.25) is 9.79 Å². The summed E-state index contributed by atoms with van der Waals surface area (Å²) < 4.78 is 0. The molecular formula is C19H31IN4O. The van der Waals surface area contributed by atoms with Gasteiger partial charge in [0.15, 0.2) is 5.96 Å². The van der Waals surface area contributed by atoms with E-state index in [9.17, 15) is 4.79 Å². The van der Waals surface area contributed by atoms with Crippen LogP contribution in [0.2, 0.25) is 0 Å². The van der Waals surface area contributed by atoms with Crippen LogP contribution in [0.5, 0.6) is 0 Å². The van der Waals surface area contributed by atoms with Crippen LogP contribution in [-0.2, 0) is 11.3 Å². The van der Waals surface area contributed by atoms with Gasteiger partial charge in [0, 0.05) is 46.2 Å². The molecule has 0 atom stereocenters. The van der Waals surface area contributed by atoms with Gasteiger partial charge in [0.1, 0.15) is 0 Å². The largest absolute Gasteiger partial charge is 0.357 e. The van der Waals surface area contributed by atoms with Crippen molar-refractivity contribution >= 4 is 35.8 Å². The van der Waals surface area contributed by atoms with Gasteiger partial charge in [-0.25, -0.2) is 0 Å². The Morgan fingerprint density at radius 3 is 2.76 bits per heavy atom. The monoisotopic (exact) mass is 458 g/mol. The first-order valence-electron chi connectivity index (χ1n) is 8.93. The highest BCUT2D eigenvalue weighted by Crippen LogP contribution is 2.11. The summed E-state index contributed by atoms with van der Waals surface area (Å²) in [6.45, 7) is 8.38. The third-order valence-corrected chi connectivity index (χ3v) is 4.38. The zero-order valence-electron chi connectivity index (χ0n) is 15.6. The molecule has 1 amide bonds. The third kappa shape index (κ3) is 6.84. The number of aliphatic imine (C=N–C) groups is 1. The van der Waals surface area contributed by atoms with Crippen LogP contribution >= 0.6 is 24.0 Å². The number of hydrogen-bond donors (Lipinski definition) is 1. The van der Waals surface area contributed by atoms with Crippen LogP contribution in [0.3, 0.4) is 0 Å². The van der Waals surface area contributed by atoms with Gasteiger partial charge in [-0.1, -0.05) is 24.3 Å². The second-order valence-corrected chi connectivity index (χ2v) is 6.36. The quantitative estimate of drug-likeness (QED) is 0.296. The molecule has 2 rings (SSSR count). The minimum absolute atomic E-state index is 0. The Balaban J connectivity index is 0.00000312. The van der Waals surface area contributed by atoms with E-state index >= 15 is 0 Å². The van der Waals surface area contributed by atoms with Gasteiger partial charge in [0.25, 0.3) is 0 Å². The lowest BCUT2D eigenvalue weighted by atomic mass is 10.1. The van der Waals surface area contributed by atoms with E-state index in [2.05, 4.69) is 55.4 Å². The minimum atomic E-state index is 0. The van der Waals surface area contributed by atoms with Gasteiger partial charge in [-0.2, -0.15) is 0 Å². The number of guanidine groups is 1. The molecule has 1 saturated heterocycles. The number of likely N-dealkylation sites (tertiary alicyclic amines) is 1. The van der Waals surface area contributed by atoms with E-state index in [0.29, 0.717) is 12.3 Å². The molecule has 0 aliphatic carbocycles. The number of hydrogen-bond acceptors (Lipinski definition) is 2. The number of carbonyl (C=O) groups is 1. The first-order valence-corrected chi connectivity index (χ1v) is 8.93. The summed E-state index contributed by atoms with van der Waals surface area (Å²) in [6.07, 6.45) is 2.63. The fourth-order valence-electron chi connectivity index (χ4n) is 2.97. The van der Waals surface area contributed by atoms with Crippen LogP contribution in [0, 0.1) is 6.92 Å². The molecule has 0 unspecified atom stereocenters. The topological polar surface area (TPSA) is 47.9 Å². The molecule has 0 bridgehead atoms. The van der Waals surface area contributed by atoms with E-state index in [1.807, 2.05) is 4.90 Å². The van der Waals surface area contributed by atoms with E-state index in [1.165, 1.54) is 11.1 Å². The maximum Gasteiger partial charge on any atom is 0.222 e. The van der Waals surface area contributed by atoms with Crippen molar-refractivity contribution in [3.05, 3.63) is 35.4 Å². The molecule has 140 valence electrons. The average molecular weight is 458 g/mol. The molecule has 1 aromatic carbocycles. The van der Waals surface area contributed by atoms with Gasteiger partial charge in [-0.15, -0.1) is 24.0 Å². The maximum absolute atomic E-state index is 11.6. The maximum atomic E-state index is 11.6. The zero-order chi connectivity index (χ0) is 17.4. The predicted molar refractivity (Wildman–Crippen MR) is 114 cm³/mol. The standard InChI is InChI=1S/C19H30N4O.HI/c1-4-20-19(21-12-8-14-23-13-7-11-18(23)24)22(3)15-17-10-6-5-9-16(17)2;/h5-6,9-10H,4,7-8,11-15H2,1-3H3,(H,20,21);1H. The van der Waals surface area contributed by atoms with Crippen LogP contribution in [0.4, 0.5) is 0 Å². The molecule has 1 N–H and O–H groups in total. The number of rotatable bonds is 7. The summed E-state index contributed by atoms with van der Waals surface area (Å²) >= 11 is 0. The van der Waals surface area contributed by atoms with Crippen molar-refractivity contribution < 1.29 is 4.79 Å². The van der Waals surface area contributed by atoms with Crippen LogP contribution in [0.1, 0.15) is 37.3 Å². The molecule has 1 heterocycles. The lowest BCUT2D eigenvalue weighted by Gasteiger charge is -2.23. The Kier molecular flexibility index (Phi) is 9.85. The highest BCUT2D eigenvalue weighted by atomic mass is 127. The van der Waals surface area contributed by atoms with Crippen molar-refractivity contribution in [2.45, 2.75) is 39.7 Å². The van der Waals surface area contributed by atoms with E-state index in [0.717, 1.165) is 51.5 Å². The van der Waals surface area contributed by atoms with E-state index in [4.69, 9.17) is 4.99 Å². The van der Waals surface area contributed by atoms with Crippen LogP contribution in [0.15, 0.2) is 29.3 Å². The fourth-order valence-corrected chi connectivity index (χ4v) is 2.97. The predicted octanol–water partition coefficient (Wildman–Crippen LogP) is 3.02. The Morgan fingerprint density at radius 1 is 1.36 bits per heavy atom. The molecule has 0 spiro atoms. The SMILES string of the molecule is CCNC(=NCCCN1CCCC1=O)N(C)Cc1ccccc1C.I. The summed E-state index contributed by atoms with van der Waals surface area (Å²) in [5.74, 6) is 1.22. The molecule has 0 radical (unpaired) electrons. The van der Waals surface area contributed by atoms with Gasteiger partial charge in [0.2, 0.25) is 5.91 Å². The molecular weight excluding hydrogens is 427 g/mol. The van der Waals surface area contributed by atoms with E-state index in [1.54, 1.807) is 0 Å². The van der Waals surface area contributed by atoms with Gasteiger partial charge in [0.05, 0.1) is 0 Å². The first kappa shape index (κ1) is 21.7. The van der Waals surface area contributed by atoms with Gasteiger partial charge < -0.3 is 15.1 Å². The summed E-state index contributed by atoms with van der Waals surface area (Å²) in [5.41, 5.74) is 2.61. The summed E-state index contributed by atoms with van der Waals surface area (Å²) in [6, 6.07) is 8.44. The molecule has 6 heteroatoms. The second-order valence-electron chi connectivity index (χ2n) is 6.36. The number of carbonyl (C=O) groups excluding carboxylic acids is 1.